The highest BCUT2D eigenvalue weighted by Gasteiger charge is 2.37. The van der Waals surface area contributed by atoms with E-state index in [4.69, 9.17) is 14.2 Å². The van der Waals surface area contributed by atoms with Gasteiger partial charge in [0.05, 0.1) is 12.8 Å². The standard InChI is InChI=1S/C19H13IN2O7/c1-27-15-6-10(20)4-9(16(15)23)5-12-17(24)21-19(26)22(18(12)25)11-2-3-13-14(7-11)29-8-28-13/h2-7,23H,8H2,1H3,(H,21,24,26)/b12-5+. The van der Waals surface area contributed by atoms with Crippen molar-refractivity contribution in [2.24, 2.45) is 0 Å². The normalized spacial score (nSPS) is 17.0. The average molecular weight is 508 g/mol. The van der Waals surface area contributed by atoms with Crippen molar-refractivity contribution >= 4 is 52.2 Å². The Kier molecular flexibility index (Phi) is 4.78. The van der Waals surface area contributed by atoms with Gasteiger partial charge in [0, 0.05) is 15.2 Å². The zero-order chi connectivity index (χ0) is 20.7. The largest absolute Gasteiger partial charge is 0.504 e. The number of rotatable bonds is 3. The van der Waals surface area contributed by atoms with E-state index in [0.717, 1.165) is 8.47 Å². The second kappa shape index (κ2) is 7.28. The molecule has 0 saturated carbocycles. The van der Waals surface area contributed by atoms with E-state index in [2.05, 4.69) is 5.32 Å². The first-order chi connectivity index (χ1) is 13.9. The molecule has 0 radical (unpaired) electrons. The number of phenols is 1. The third kappa shape index (κ3) is 3.35. The highest BCUT2D eigenvalue weighted by molar-refractivity contribution is 14.1. The first-order valence-electron chi connectivity index (χ1n) is 8.26. The fourth-order valence-corrected chi connectivity index (χ4v) is 3.55. The molecule has 4 amide bonds. The topological polar surface area (TPSA) is 114 Å². The van der Waals surface area contributed by atoms with Gasteiger partial charge in [-0.15, -0.1) is 0 Å². The van der Waals surface area contributed by atoms with E-state index in [1.54, 1.807) is 18.2 Å². The molecule has 2 aromatic rings. The quantitative estimate of drug-likeness (QED) is 0.372. The molecule has 29 heavy (non-hydrogen) atoms. The number of imide groups is 2. The van der Waals surface area contributed by atoms with Crippen molar-refractivity contribution in [2.45, 2.75) is 0 Å². The summed E-state index contributed by atoms with van der Waals surface area (Å²) in [6.07, 6.45) is 1.21. The van der Waals surface area contributed by atoms with Crippen LogP contribution in [0.4, 0.5) is 10.5 Å². The number of amides is 4. The number of phenolic OH excluding ortho intramolecular Hbond substituents is 1. The van der Waals surface area contributed by atoms with E-state index < -0.39 is 17.8 Å². The van der Waals surface area contributed by atoms with Gasteiger partial charge >= 0.3 is 6.03 Å². The van der Waals surface area contributed by atoms with Crippen LogP contribution in [0, 0.1) is 3.57 Å². The maximum absolute atomic E-state index is 13.0. The molecule has 2 N–H and O–H groups in total. The van der Waals surface area contributed by atoms with Gasteiger partial charge in [-0.25, -0.2) is 9.69 Å². The number of benzene rings is 2. The van der Waals surface area contributed by atoms with Gasteiger partial charge < -0.3 is 19.3 Å². The van der Waals surface area contributed by atoms with Crippen molar-refractivity contribution in [3.63, 3.8) is 0 Å². The van der Waals surface area contributed by atoms with Gasteiger partial charge in [-0.05, 0) is 52.9 Å². The lowest BCUT2D eigenvalue weighted by Crippen LogP contribution is -2.54. The number of anilines is 1. The van der Waals surface area contributed by atoms with Crippen LogP contribution in [0.5, 0.6) is 23.0 Å². The lowest BCUT2D eigenvalue weighted by atomic mass is 10.1. The number of halogens is 1. The maximum atomic E-state index is 13.0. The van der Waals surface area contributed by atoms with E-state index in [-0.39, 0.29) is 35.1 Å². The Bertz CT molecular complexity index is 1100. The SMILES string of the molecule is COc1cc(I)cc(/C=C2\C(=O)NC(=O)N(c3ccc4c(c3)OCO4)C2=O)c1O. The number of nitrogens with zero attached hydrogens (tertiary/aromatic N) is 1. The fraction of sp³-hybridized carbons (Fsp3) is 0.105. The molecule has 2 heterocycles. The summed E-state index contributed by atoms with van der Waals surface area (Å²) >= 11 is 2.01. The molecule has 0 bridgehead atoms. The number of aromatic hydroxyl groups is 1. The molecule has 0 unspecified atom stereocenters. The molecule has 10 heteroatoms. The average Bonchev–Trinajstić information content (AvgIpc) is 3.15. The summed E-state index contributed by atoms with van der Waals surface area (Å²) in [4.78, 5) is 38.5. The van der Waals surface area contributed by atoms with Gasteiger partial charge in [0.25, 0.3) is 11.8 Å². The molecule has 0 aromatic heterocycles. The van der Waals surface area contributed by atoms with Gasteiger partial charge in [0.1, 0.15) is 5.57 Å². The maximum Gasteiger partial charge on any atom is 0.335 e. The molecule has 2 aromatic carbocycles. The van der Waals surface area contributed by atoms with Crippen LogP contribution in [0.3, 0.4) is 0 Å². The molecule has 0 atom stereocenters. The molecule has 2 aliphatic heterocycles. The van der Waals surface area contributed by atoms with Crippen LogP contribution in [0.2, 0.25) is 0 Å². The Morgan fingerprint density at radius 3 is 2.69 bits per heavy atom. The van der Waals surface area contributed by atoms with Crippen molar-refractivity contribution in [1.82, 2.24) is 5.32 Å². The number of ether oxygens (including phenoxy) is 3. The monoisotopic (exact) mass is 508 g/mol. The fourth-order valence-electron chi connectivity index (χ4n) is 2.93. The second-order valence-electron chi connectivity index (χ2n) is 6.04. The third-order valence-corrected chi connectivity index (χ3v) is 4.93. The molecule has 0 spiro atoms. The third-order valence-electron chi connectivity index (χ3n) is 4.30. The van der Waals surface area contributed by atoms with Crippen molar-refractivity contribution < 1.29 is 33.7 Å². The molecule has 2 aliphatic rings. The van der Waals surface area contributed by atoms with Crippen LogP contribution in [0.15, 0.2) is 35.9 Å². The lowest BCUT2D eigenvalue weighted by Gasteiger charge is -2.26. The van der Waals surface area contributed by atoms with Gasteiger partial charge in [-0.3, -0.25) is 14.9 Å². The van der Waals surface area contributed by atoms with Gasteiger partial charge in [-0.2, -0.15) is 0 Å². The molecular formula is C19H13IN2O7. The summed E-state index contributed by atoms with van der Waals surface area (Å²) in [5.41, 5.74) is 0.0912. The number of methoxy groups -OCH3 is 1. The van der Waals surface area contributed by atoms with Crippen molar-refractivity contribution in [3.8, 4) is 23.0 Å². The first kappa shape index (κ1) is 19.1. The summed E-state index contributed by atoms with van der Waals surface area (Å²) in [5, 5.41) is 12.5. The van der Waals surface area contributed by atoms with Gasteiger partial charge in [0.2, 0.25) is 6.79 Å². The summed E-state index contributed by atoms with van der Waals surface area (Å²) < 4.78 is 16.3. The van der Waals surface area contributed by atoms with Crippen molar-refractivity contribution in [3.05, 3.63) is 45.0 Å². The van der Waals surface area contributed by atoms with Gasteiger partial charge in [0.15, 0.2) is 23.0 Å². The Morgan fingerprint density at radius 2 is 1.93 bits per heavy atom. The summed E-state index contributed by atoms with van der Waals surface area (Å²) in [6, 6.07) is 6.83. The predicted octanol–water partition coefficient (Wildman–Crippen LogP) is 2.40. The molecule has 0 aliphatic carbocycles. The minimum Gasteiger partial charge on any atom is -0.504 e. The summed E-state index contributed by atoms with van der Waals surface area (Å²) in [5.74, 6) is -0.875. The van der Waals surface area contributed by atoms with Crippen LogP contribution < -0.4 is 24.4 Å². The highest BCUT2D eigenvalue weighted by Crippen LogP contribution is 2.37. The van der Waals surface area contributed by atoms with Crippen LogP contribution in [-0.2, 0) is 9.59 Å². The Labute approximate surface area is 178 Å². The van der Waals surface area contributed by atoms with Crippen molar-refractivity contribution in [1.29, 1.82) is 0 Å². The van der Waals surface area contributed by atoms with Crippen LogP contribution >= 0.6 is 22.6 Å². The Balaban J connectivity index is 1.76. The van der Waals surface area contributed by atoms with Crippen LogP contribution in [0.25, 0.3) is 6.08 Å². The van der Waals surface area contributed by atoms with E-state index in [1.807, 2.05) is 22.6 Å². The number of urea groups is 1. The van der Waals surface area contributed by atoms with Crippen molar-refractivity contribution in [2.75, 3.05) is 18.8 Å². The molecule has 9 nitrogen and oxygen atoms in total. The number of carbonyl (C=O) groups is 3. The number of nitrogens with one attached hydrogen (secondary N) is 1. The van der Waals surface area contributed by atoms with Gasteiger partial charge in [-0.1, -0.05) is 0 Å². The van der Waals surface area contributed by atoms with Crippen LogP contribution in [-0.4, -0.2) is 36.9 Å². The number of barbiturate groups is 1. The number of hydrogen-bond donors (Lipinski definition) is 2. The predicted molar refractivity (Wildman–Crippen MR) is 109 cm³/mol. The molecule has 1 saturated heterocycles. The molecular weight excluding hydrogens is 495 g/mol. The zero-order valence-electron chi connectivity index (χ0n) is 14.9. The second-order valence-corrected chi connectivity index (χ2v) is 7.29. The molecule has 4 rings (SSSR count). The first-order valence-corrected chi connectivity index (χ1v) is 9.34. The molecule has 1 fully saturated rings. The van der Waals surface area contributed by atoms with E-state index in [9.17, 15) is 19.5 Å². The Morgan fingerprint density at radius 1 is 1.17 bits per heavy atom. The van der Waals surface area contributed by atoms with E-state index in [0.29, 0.717) is 11.5 Å². The summed E-state index contributed by atoms with van der Waals surface area (Å²) in [6.45, 7) is 0.0380. The minimum absolute atomic E-state index is 0.0380. The smallest absolute Gasteiger partial charge is 0.335 e. The number of fused-ring (bicyclic) bond motifs is 1. The highest BCUT2D eigenvalue weighted by atomic mass is 127. The lowest BCUT2D eigenvalue weighted by molar-refractivity contribution is -0.122. The van der Waals surface area contributed by atoms with E-state index in [1.165, 1.54) is 25.3 Å². The van der Waals surface area contributed by atoms with Crippen LogP contribution in [0.1, 0.15) is 5.56 Å². The zero-order valence-corrected chi connectivity index (χ0v) is 17.1. The summed E-state index contributed by atoms with van der Waals surface area (Å²) in [7, 11) is 1.39. The minimum atomic E-state index is -0.888. The Hall–Kier alpha value is -3.28. The molecule has 148 valence electrons. The van der Waals surface area contributed by atoms with E-state index >= 15 is 0 Å². The number of hydrogen-bond acceptors (Lipinski definition) is 7. The number of carbonyl (C=O) groups excluding carboxylic acids is 3.